The molecular formula is C10H7ClO2S. The van der Waals surface area contributed by atoms with Crippen LogP contribution >= 0.6 is 24.2 Å². The van der Waals surface area contributed by atoms with Gasteiger partial charge in [0.05, 0.1) is 16.3 Å². The standard InChI is InChI=1S/C10H7ClO2S/c11-9-4-3-8(10(12)13)6-7(9)2-1-5-14/h3-4,6,14H,5H2,(H,12,13). The molecule has 0 aliphatic heterocycles. The highest BCUT2D eigenvalue weighted by molar-refractivity contribution is 7.80. The number of rotatable bonds is 1. The van der Waals surface area contributed by atoms with E-state index in [-0.39, 0.29) is 5.56 Å². The van der Waals surface area contributed by atoms with Crippen LogP contribution in [0.5, 0.6) is 0 Å². The fraction of sp³-hybridized carbons (Fsp3) is 0.100. The van der Waals surface area contributed by atoms with E-state index in [1.807, 2.05) is 0 Å². The van der Waals surface area contributed by atoms with Crippen molar-refractivity contribution in [2.75, 3.05) is 5.75 Å². The van der Waals surface area contributed by atoms with Gasteiger partial charge in [-0.1, -0.05) is 23.4 Å². The highest BCUT2D eigenvalue weighted by atomic mass is 35.5. The Morgan fingerprint density at radius 2 is 2.29 bits per heavy atom. The van der Waals surface area contributed by atoms with Gasteiger partial charge in [0.15, 0.2) is 0 Å². The van der Waals surface area contributed by atoms with Crippen molar-refractivity contribution in [3.8, 4) is 11.8 Å². The van der Waals surface area contributed by atoms with Gasteiger partial charge in [-0.15, -0.1) is 0 Å². The Morgan fingerprint density at radius 3 is 2.86 bits per heavy atom. The molecular weight excluding hydrogens is 220 g/mol. The fourth-order valence-corrected chi connectivity index (χ4v) is 1.13. The fourth-order valence-electron chi connectivity index (χ4n) is 0.889. The lowest BCUT2D eigenvalue weighted by atomic mass is 10.1. The van der Waals surface area contributed by atoms with Crippen molar-refractivity contribution in [1.82, 2.24) is 0 Å². The maximum atomic E-state index is 10.6. The molecule has 1 aromatic rings. The second kappa shape index (κ2) is 4.94. The summed E-state index contributed by atoms with van der Waals surface area (Å²) < 4.78 is 0. The van der Waals surface area contributed by atoms with Crippen molar-refractivity contribution < 1.29 is 9.90 Å². The number of carboxylic acid groups (broad SMARTS) is 1. The molecule has 1 N–H and O–H groups in total. The zero-order valence-electron chi connectivity index (χ0n) is 7.12. The normalized spacial score (nSPS) is 9.00. The Balaban J connectivity index is 3.14. The van der Waals surface area contributed by atoms with Gasteiger partial charge < -0.3 is 5.11 Å². The topological polar surface area (TPSA) is 37.3 Å². The van der Waals surface area contributed by atoms with Crippen LogP contribution in [0.4, 0.5) is 0 Å². The summed E-state index contributed by atoms with van der Waals surface area (Å²) in [6, 6.07) is 4.41. The summed E-state index contributed by atoms with van der Waals surface area (Å²) in [6.07, 6.45) is 0. The van der Waals surface area contributed by atoms with Crippen molar-refractivity contribution in [3.63, 3.8) is 0 Å². The van der Waals surface area contributed by atoms with Crippen molar-refractivity contribution in [1.29, 1.82) is 0 Å². The van der Waals surface area contributed by atoms with Crippen molar-refractivity contribution in [2.45, 2.75) is 0 Å². The third-order valence-corrected chi connectivity index (χ3v) is 2.00. The Kier molecular flexibility index (Phi) is 3.87. The quantitative estimate of drug-likeness (QED) is 0.570. The van der Waals surface area contributed by atoms with Gasteiger partial charge in [-0.05, 0) is 18.2 Å². The number of carboxylic acids is 1. The van der Waals surface area contributed by atoms with E-state index in [2.05, 4.69) is 24.5 Å². The van der Waals surface area contributed by atoms with Gasteiger partial charge in [0, 0.05) is 5.56 Å². The number of hydrogen-bond acceptors (Lipinski definition) is 2. The first kappa shape index (κ1) is 11.0. The molecule has 0 atom stereocenters. The molecule has 4 heteroatoms. The number of halogens is 1. The van der Waals surface area contributed by atoms with E-state index in [1.165, 1.54) is 18.2 Å². The SMILES string of the molecule is O=C(O)c1ccc(Cl)c(C#CCS)c1. The number of hydrogen-bond donors (Lipinski definition) is 2. The summed E-state index contributed by atoms with van der Waals surface area (Å²) in [4.78, 5) is 10.6. The molecule has 0 amide bonds. The van der Waals surface area contributed by atoms with Crippen LogP contribution in [0.1, 0.15) is 15.9 Å². The lowest BCUT2D eigenvalue weighted by Gasteiger charge is -1.97. The number of thiol groups is 1. The van der Waals surface area contributed by atoms with Crippen molar-refractivity contribution >= 4 is 30.2 Å². The van der Waals surface area contributed by atoms with Gasteiger partial charge >= 0.3 is 5.97 Å². The summed E-state index contributed by atoms with van der Waals surface area (Å²) in [5, 5.41) is 9.17. The number of aromatic carboxylic acids is 1. The summed E-state index contributed by atoms with van der Waals surface area (Å²) >= 11 is 9.73. The second-order valence-corrected chi connectivity index (χ2v) is 3.18. The smallest absolute Gasteiger partial charge is 0.335 e. The maximum Gasteiger partial charge on any atom is 0.335 e. The molecule has 0 saturated carbocycles. The van der Waals surface area contributed by atoms with Gasteiger partial charge in [0.1, 0.15) is 0 Å². The highest BCUT2D eigenvalue weighted by Gasteiger charge is 2.04. The maximum absolute atomic E-state index is 10.6. The molecule has 14 heavy (non-hydrogen) atoms. The molecule has 0 radical (unpaired) electrons. The first-order valence-electron chi connectivity index (χ1n) is 3.77. The predicted octanol–water partition coefficient (Wildman–Crippen LogP) is 2.32. The first-order valence-corrected chi connectivity index (χ1v) is 4.78. The molecule has 0 spiro atoms. The molecule has 0 aliphatic carbocycles. The van der Waals surface area contributed by atoms with E-state index < -0.39 is 5.97 Å². The molecule has 0 bridgehead atoms. The van der Waals surface area contributed by atoms with Gasteiger partial charge in [0.2, 0.25) is 0 Å². The second-order valence-electron chi connectivity index (χ2n) is 2.46. The molecule has 0 fully saturated rings. The first-order chi connectivity index (χ1) is 6.65. The molecule has 72 valence electrons. The van der Waals surface area contributed by atoms with Crippen LogP contribution in [0, 0.1) is 11.8 Å². The minimum atomic E-state index is -0.990. The zero-order chi connectivity index (χ0) is 10.6. The van der Waals surface area contributed by atoms with E-state index in [9.17, 15) is 4.79 Å². The van der Waals surface area contributed by atoms with Gasteiger partial charge in [-0.2, -0.15) is 12.6 Å². The Morgan fingerprint density at radius 1 is 1.57 bits per heavy atom. The van der Waals surface area contributed by atoms with Crippen LogP contribution in [0.25, 0.3) is 0 Å². The predicted molar refractivity (Wildman–Crippen MR) is 59.1 cm³/mol. The minimum Gasteiger partial charge on any atom is -0.478 e. The number of carbonyl (C=O) groups is 1. The highest BCUT2D eigenvalue weighted by Crippen LogP contribution is 2.16. The van der Waals surface area contributed by atoms with E-state index in [4.69, 9.17) is 16.7 Å². The lowest BCUT2D eigenvalue weighted by Crippen LogP contribution is -1.96. The van der Waals surface area contributed by atoms with Crippen LogP contribution in [0.2, 0.25) is 5.02 Å². The summed E-state index contributed by atoms with van der Waals surface area (Å²) in [7, 11) is 0. The molecule has 0 unspecified atom stereocenters. The van der Waals surface area contributed by atoms with E-state index >= 15 is 0 Å². The number of benzene rings is 1. The van der Waals surface area contributed by atoms with Crippen LogP contribution in [0.15, 0.2) is 18.2 Å². The van der Waals surface area contributed by atoms with Crippen LogP contribution in [-0.4, -0.2) is 16.8 Å². The van der Waals surface area contributed by atoms with Crippen LogP contribution in [0.3, 0.4) is 0 Å². The molecule has 0 aliphatic rings. The van der Waals surface area contributed by atoms with E-state index in [1.54, 1.807) is 0 Å². The largest absolute Gasteiger partial charge is 0.478 e. The van der Waals surface area contributed by atoms with E-state index in [0.717, 1.165) is 0 Å². The Bertz CT molecular complexity index is 418. The van der Waals surface area contributed by atoms with Gasteiger partial charge in [0.25, 0.3) is 0 Å². The van der Waals surface area contributed by atoms with Gasteiger partial charge in [-0.3, -0.25) is 0 Å². The monoisotopic (exact) mass is 226 g/mol. The summed E-state index contributed by atoms with van der Waals surface area (Å²) in [6.45, 7) is 0. The Hall–Kier alpha value is -1.11. The lowest BCUT2D eigenvalue weighted by molar-refractivity contribution is 0.0697. The molecule has 0 aromatic heterocycles. The molecule has 0 heterocycles. The van der Waals surface area contributed by atoms with Crippen LogP contribution < -0.4 is 0 Å². The average molecular weight is 227 g/mol. The average Bonchev–Trinajstić information content (AvgIpc) is 2.16. The minimum absolute atomic E-state index is 0.179. The molecule has 1 aromatic carbocycles. The van der Waals surface area contributed by atoms with Crippen molar-refractivity contribution in [3.05, 3.63) is 34.3 Å². The third kappa shape index (κ3) is 2.69. The van der Waals surface area contributed by atoms with E-state index in [0.29, 0.717) is 16.3 Å². The zero-order valence-corrected chi connectivity index (χ0v) is 8.77. The summed E-state index contributed by atoms with van der Waals surface area (Å²) in [5.74, 6) is 4.86. The van der Waals surface area contributed by atoms with Crippen molar-refractivity contribution in [2.24, 2.45) is 0 Å². The van der Waals surface area contributed by atoms with Crippen LogP contribution in [-0.2, 0) is 0 Å². The molecule has 1 rings (SSSR count). The summed E-state index contributed by atoms with van der Waals surface area (Å²) in [5.41, 5.74) is 0.693. The molecule has 0 saturated heterocycles. The Labute approximate surface area is 92.3 Å². The molecule has 2 nitrogen and oxygen atoms in total. The van der Waals surface area contributed by atoms with Gasteiger partial charge in [-0.25, -0.2) is 4.79 Å². The third-order valence-electron chi connectivity index (χ3n) is 1.52.